The first-order chi connectivity index (χ1) is 13.8. The standard InChI is InChI=1S/C25H23N3.2ClH/c1-2-28-23-10-4-3-9-21(23)22-16-18(11-12-24(22)28)15-19-7-6-14-27-25(19)20-8-5-13-26-17-20;;/h3-5,8-13,15-17H,2,6-7,14H2,1H3;2*1H/b19-15+;;. The minimum Gasteiger partial charge on any atom is -0.341 e. The summed E-state index contributed by atoms with van der Waals surface area (Å²) in [4.78, 5) is 9.09. The largest absolute Gasteiger partial charge is 0.341 e. The maximum atomic E-state index is 4.81. The highest BCUT2D eigenvalue weighted by Crippen LogP contribution is 2.31. The van der Waals surface area contributed by atoms with Crippen molar-refractivity contribution in [2.75, 3.05) is 6.54 Å². The molecule has 1 aliphatic rings. The predicted octanol–water partition coefficient (Wildman–Crippen LogP) is 6.72. The van der Waals surface area contributed by atoms with Gasteiger partial charge < -0.3 is 4.57 Å². The van der Waals surface area contributed by atoms with Gasteiger partial charge in [0, 0.05) is 52.9 Å². The molecule has 0 fully saturated rings. The Labute approximate surface area is 189 Å². The fourth-order valence-corrected chi connectivity index (χ4v) is 4.30. The van der Waals surface area contributed by atoms with Gasteiger partial charge in [0.1, 0.15) is 0 Å². The van der Waals surface area contributed by atoms with Crippen LogP contribution in [0.3, 0.4) is 0 Å². The molecule has 2 aromatic heterocycles. The van der Waals surface area contributed by atoms with Crippen LogP contribution in [0.5, 0.6) is 0 Å². The van der Waals surface area contributed by atoms with Gasteiger partial charge in [0.2, 0.25) is 0 Å². The minimum atomic E-state index is 0. The summed E-state index contributed by atoms with van der Waals surface area (Å²) in [6.07, 6.45) is 8.20. The van der Waals surface area contributed by atoms with Crippen LogP contribution in [0.4, 0.5) is 0 Å². The van der Waals surface area contributed by atoms with E-state index in [0.29, 0.717) is 0 Å². The van der Waals surface area contributed by atoms with Crippen LogP contribution in [0.25, 0.3) is 27.9 Å². The molecule has 0 amide bonds. The molecule has 2 aromatic carbocycles. The number of allylic oxidation sites excluding steroid dienone is 1. The number of benzene rings is 2. The molecule has 1 aliphatic heterocycles. The Kier molecular flexibility index (Phi) is 6.96. The molecule has 0 bridgehead atoms. The van der Waals surface area contributed by atoms with E-state index in [1.165, 1.54) is 32.9 Å². The number of aryl methyl sites for hydroxylation is 1. The van der Waals surface area contributed by atoms with Crippen molar-refractivity contribution in [2.45, 2.75) is 26.3 Å². The van der Waals surface area contributed by atoms with Crippen LogP contribution in [0, 0.1) is 0 Å². The third-order valence-electron chi connectivity index (χ3n) is 5.57. The molecule has 0 unspecified atom stereocenters. The lowest BCUT2D eigenvalue weighted by atomic mass is 9.94. The molecule has 4 aromatic rings. The molecule has 0 aliphatic carbocycles. The third-order valence-corrected chi connectivity index (χ3v) is 5.57. The monoisotopic (exact) mass is 437 g/mol. The van der Waals surface area contributed by atoms with E-state index >= 15 is 0 Å². The number of rotatable bonds is 3. The quantitative estimate of drug-likeness (QED) is 0.349. The molecule has 3 nitrogen and oxygen atoms in total. The zero-order valence-corrected chi connectivity index (χ0v) is 18.5. The lowest BCUT2D eigenvalue weighted by Gasteiger charge is -2.16. The van der Waals surface area contributed by atoms with E-state index in [1.807, 2.05) is 18.5 Å². The molecule has 5 rings (SSSR count). The topological polar surface area (TPSA) is 30.2 Å². The van der Waals surface area contributed by atoms with Crippen molar-refractivity contribution in [3.05, 3.63) is 83.7 Å². The number of hydrogen-bond acceptors (Lipinski definition) is 2. The predicted molar refractivity (Wildman–Crippen MR) is 132 cm³/mol. The summed E-state index contributed by atoms with van der Waals surface area (Å²) < 4.78 is 2.39. The molecular formula is C25H25Cl2N3. The van der Waals surface area contributed by atoms with Crippen molar-refractivity contribution in [3.63, 3.8) is 0 Å². The first-order valence-electron chi connectivity index (χ1n) is 10.0. The molecule has 0 radical (unpaired) electrons. The maximum absolute atomic E-state index is 4.81. The number of aromatic nitrogens is 2. The number of halogens is 2. The molecule has 0 N–H and O–H groups in total. The Bertz CT molecular complexity index is 1220. The Morgan fingerprint density at radius 1 is 0.967 bits per heavy atom. The van der Waals surface area contributed by atoms with Crippen LogP contribution in [-0.4, -0.2) is 21.8 Å². The molecule has 5 heteroatoms. The number of para-hydroxylation sites is 1. The Morgan fingerprint density at radius 3 is 2.60 bits per heavy atom. The van der Waals surface area contributed by atoms with Crippen LogP contribution in [-0.2, 0) is 6.54 Å². The number of nitrogens with zero attached hydrogens (tertiary/aromatic N) is 3. The molecule has 3 heterocycles. The van der Waals surface area contributed by atoms with Gasteiger partial charge in [0.05, 0.1) is 5.71 Å². The van der Waals surface area contributed by atoms with Crippen molar-refractivity contribution in [1.82, 2.24) is 9.55 Å². The van der Waals surface area contributed by atoms with Crippen LogP contribution in [0.15, 0.2) is 77.6 Å². The van der Waals surface area contributed by atoms with Gasteiger partial charge in [0.25, 0.3) is 0 Å². The van der Waals surface area contributed by atoms with Crippen LogP contribution in [0.1, 0.15) is 30.9 Å². The second-order valence-electron chi connectivity index (χ2n) is 7.28. The summed E-state index contributed by atoms with van der Waals surface area (Å²) in [6.45, 7) is 4.08. The van der Waals surface area contributed by atoms with E-state index < -0.39 is 0 Å². The van der Waals surface area contributed by atoms with E-state index in [2.05, 4.69) is 71.1 Å². The summed E-state index contributed by atoms with van der Waals surface area (Å²) >= 11 is 0. The average molecular weight is 438 g/mol. The number of hydrogen-bond donors (Lipinski definition) is 0. The lowest BCUT2D eigenvalue weighted by Crippen LogP contribution is -2.11. The highest BCUT2D eigenvalue weighted by atomic mass is 35.5. The molecular weight excluding hydrogens is 413 g/mol. The number of aliphatic imine (C=N–C) groups is 1. The number of pyridine rings is 1. The summed E-state index contributed by atoms with van der Waals surface area (Å²) in [6, 6.07) is 19.6. The fourth-order valence-electron chi connectivity index (χ4n) is 4.30. The van der Waals surface area contributed by atoms with E-state index in [9.17, 15) is 0 Å². The van der Waals surface area contributed by atoms with Crippen molar-refractivity contribution in [3.8, 4) is 0 Å². The maximum Gasteiger partial charge on any atom is 0.0694 e. The zero-order chi connectivity index (χ0) is 18.9. The summed E-state index contributed by atoms with van der Waals surface area (Å²) in [5, 5.41) is 2.65. The van der Waals surface area contributed by atoms with Crippen molar-refractivity contribution in [2.24, 2.45) is 4.99 Å². The van der Waals surface area contributed by atoms with Crippen molar-refractivity contribution < 1.29 is 0 Å². The van der Waals surface area contributed by atoms with Gasteiger partial charge in [-0.3, -0.25) is 9.98 Å². The average Bonchev–Trinajstić information content (AvgIpc) is 3.08. The fraction of sp³-hybridized carbons (Fsp3) is 0.200. The first kappa shape index (κ1) is 22.1. The third kappa shape index (κ3) is 3.88. The van der Waals surface area contributed by atoms with Gasteiger partial charge in [-0.25, -0.2) is 0 Å². The molecule has 154 valence electrons. The van der Waals surface area contributed by atoms with Crippen LogP contribution < -0.4 is 0 Å². The summed E-state index contributed by atoms with van der Waals surface area (Å²) in [5.41, 5.74) is 7.35. The van der Waals surface area contributed by atoms with Gasteiger partial charge in [-0.1, -0.05) is 24.3 Å². The van der Waals surface area contributed by atoms with Gasteiger partial charge in [-0.2, -0.15) is 0 Å². The molecule has 0 saturated heterocycles. The Morgan fingerprint density at radius 2 is 1.80 bits per heavy atom. The van der Waals surface area contributed by atoms with Crippen LogP contribution >= 0.6 is 24.8 Å². The van der Waals surface area contributed by atoms with E-state index in [0.717, 1.165) is 37.2 Å². The lowest BCUT2D eigenvalue weighted by molar-refractivity contribution is 0.818. The highest BCUT2D eigenvalue weighted by molar-refractivity contribution is 6.15. The molecule has 0 atom stereocenters. The smallest absolute Gasteiger partial charge is 0.0694 e. The second kappa shape index (κ2) is 9.46. The Balaban J connectivity index is 0.00000128. The van der Waals surface area contributed by atoms with Gasteiger partial charge in [-0.05, 0) is 67.3 Å². The van der Waals surface area contributed by atoms with E-state index in [-0.39, 0.29) is 24.8 Å². The minimum absolute atomic E-state index is 0. The summed E-state index contributed by atoms with van der Waals surface area (Å²) in [5.74, 6) is 0. The van der Waals surface area contributed by atoms with Gasteiger partial charge in [-0.15, -0.1) is 24.8 Å². The van der Waals surface area contributed by atoms with Gasteiger partial charge >= 0.3 is 0 Å². The van der Waals surface area contributed by atoms with E-state index in [4.69, 9.17) is 4.99 Å². The van der Waals surface area contributed by atoms with Gasteiger partial charge in [0.15, 0.2) is 0 Å². The first-order valence-corrected chi connectivity index (χ1v) is 10.0. The molecule has 0 saturated carbocycles. The normalized spacial score (nSPS) is 15.0. The van der Waals surface area contributed by atoms with Crippen LogP contribution in [0.2, 0.25) is 0 Å². The highest BCUT2D eigenvalue weighted by Gasteiger charge is 2.15. The number of fused-ring (bicyclic) bond motifs is 3. The molecule has 30 heavy (non-hydrogen) atoms. The van der Waals surface area contributed by atoms with Crippen molar-refractivity contribution in [1.29, 1.82) is 0 Å². The summed E-state index contributed by atoms with van der Waals surface area (Å²) in [7, 11) is 0. The second-order valence-corrected chi connectivity index (χ2v) is 7.28. The zero-order valence-electron chi connectivity index (χ0n) is 16.9. The Hall–Kier alpha value is -2.62. The SMILES string of the molecule is CCn1c2ccccc2c2cc(/C=C3\CCCN=C3c3cccnc3)ccc21.Cl.Cl. The van der Waals surface area contributed by atoms with Crippen molar-refractivity contribution >= 4 is 58.4 Å². The molecule has 0 spiro atoms. The van der Waals surface area contributed by atoms with E-state index in [1.54, 1.807) is 0 Å².